The Morgan fingerprint density at radius 1 is 0.931 bits per heavy atom. The fraction of sp³-hybridized carbons (Fsp3) is 0.0800. The molecule has 0 saturated carbocycles. The third-order valence-corrected chi connectivity index (χ3v) is 5.19. The van der Waals surface area contributed by atoms with E-state index in [1.807, 2.05) is 91.1 Å². The molecule has 5 rings (SSSR count). The van der Waals surface area contributed by atoms with E-state index >= 15 is 0 Å². The van der Waals surface area contributed by atoms with E-state index in [4.69, 9.17) is 4.42 Å². The van der Waals surface area contributed by atoms with E-state index in [1.54, 1.807) is 0 Å². The van der Waals surface area contributed by atoms with Gasteiger partial charge < -0.3 is 14.7 Å². The Bertz CT molecular complexity index is 1250. The summed E-state index contributed by atoms with van der Waals surface area (Å²) >= 11 is 0. The maximum absolute atomic E-state index is 13.0. The first kappa shape index (κ1) is 17.3. The number of hydrogen-bond donors (Lipinski definition) is 2. The van der Waals surface area contributed by atoms with Gasteiger partial charge in [-0.1, -0.05) is 66.7 Å². The lowest BCUT2D eigenvalue weighted by Crippen LogP contribution is -2.30. The Labute approximate surface area is 168 Å². The van der Waals surface area contributed by atoms with Crippen LogP contribution in [0.2, 0.25) is 0 Å². The average Bonchev–Trinajstić information content (AvgIpc) is 3.37. The monoisotopic (exact) mass is 380 g/mol. The quantitative estimate of drug-likeness (QED) is 0.431. The molecule has 29 heavy (non-hydrogen) atoms. The van der Waals surface area contributed by atoms with E-state index in [0.717, 1.165) is 38.8 Å². The third-order valence-electron chi connectivity index (χ3n) is 5.19. The Morgan fingerprint density at radius 3 is 2.55 bits per heavy atom. The number of amides is 1. The number of aromatic amines is 1. The number of benzene rings is 3. The van der Waals surface area contributed by atoms with Gasteiger partial charge in [0.05, 0.1) is 6.42 Å². The maximum atomic E-state index is 13.0. The van der Waals surface area contributed by atoms with Crippen molar-refractivity contribution < 1.29 is 9.21 Å². The average molecular weight is 380 g/mol. The molecule has 0 aliphatic carbocycles. The molecule has 2 aromatic heterocycles. The lowest BCUT2D eigenvalue weighted by Gasteiger charge is -2.17. The van der Waals surface area contributed by atoms with Gasteiger partial charge in [-0.2, -0.15) is 0 Å². The number of para-hydroxylation sites is 2. The van der Waals surface area contributed by atoms with Crippen molar-refractivity contribution in [2.24, 2.45) is 0 Å². The van der Waals surface area contributed by atoms with Crippen molar-refractivity contribution in [3.63, 3.8) is 0 Å². The molecule has 3 aromatic carbocycles. The van der Waals surface area contributed by atoms with Crippen LogP contribution in [0, 0.1) is 0 Å². The second kappa shape index (κ2) is 7.32. The molecule has 0 spiro atoms. The number of carbonyl (C=O) groups excluding carboxylic acids is 1. The molecule has 0 aliphatic rings. The van der Waals surface area contributed by atoms with Gasteiger partial charge in [-0.15, -0.1) is 0 Å². The van der Waals surface area contributed by atoms with Crippen LogP contribution in [-0.2, 0) is 11.2 Å². The molecule has 0 bridgehead atoms. The van der Waals surface area contributed by atoms with Crippen LogP contribution in [0.15, 0.2) is 95.5 Å². The highest BCUT2D eigenvalue weighted by molar-refractivity contribution is 5.89. The fourth-order valence-electron chi connectivity index (χ4n) is 3.77. The minimum Gasteiger partial charge on any atom is -0.459 e. The number of rotatable bonds is 5. The summed E-state index contributed by atoms with van der Waals surface area (Å²) in [5.41, 5.74) is 3.81. The van der Waals surface area contributed by atoms with Crippen molar-refractivity contribution in [1.82, 2.24) is 10.3 Å². The molecule has 0 saturated heterocycles. The van der Waals surface area contributed by atoms with E-state index in [0.29, 0.717) is 6.42 Å². The van der Waals surface area contributed by atoms with Crippen molar-refractivity contribution in [3.05, 3.63) is 108 Å². The zero-order valence-corrected chi connectivity index (χ0v) is 15.8. The lowest BCUT2D eigenvalue weighted by molar-refractivity contribution is -0.121. The summed E-state index contributed by atoms with van der Waals surface area (Å²) in [5, 5.41) is 5.26. The zero-order chi connectivity index (χ0) is 19.6. The summed E-state index contributed by atoms with van der Waals surface area (Å²) in [4.78, 5) is 16.2. The minimum atomic E-state index is -0.346. The smallest absolute Gasteiger partial charge is 0.225 e. The fourth-order valence-corrected chi connectivity index (χ4v) is 3.77. The number of hydrogen-bond acceptors (Lipinski definition) is 2. The number of nitrogens with one attached hydrogen (secondary N) is 2. The van der Waals surface area contributed by atoms with E-state index in [-0.39, 0.29) is 11.9 Å². The summed E-state index contributed by atoms with van der Waals surface area (Å²) in [7, 11) is 0. The van der Waals surface area contributed by atoms with Crippen LogP contribution >= 0.6 is 0 Å². The van der Waals surface area contributed by atoms with Gasteiger partial charge in [0, 0.05) is 22.5 Å². The first-order chi connectivity index (χ1) is 14.3. The number of H-pyrrole nitrogens is 1. The molecule has 142 valence electrons. The predicted molar refractivity (Wildman–Crippen MR) is 115 cm³/mol. The van der Waals surface area contributed by atoms with E-state index in [9.17, 15) is 4.79 Å². The number of carbonyl (C=O) groups is 1. The van der Waals surface area contributed by atoms with Gasteiger partial charge >= 0.3 is 0 Å². The topological polar surface area (TPSA) is 58.0 Å². The van der Waals surface area contributed by atoms with Crippen molar-refractivity contribution in [1.29, 1.82) is 0 Å². The first-order valence-electron chi connectivity index (χ1n) is 9.66. The van der Waals surface area contributed by atoms with Crippen LogP contribution in [0.4, 0.5) is 0 Å². The number of fused-ring (bicyclic) bond motifs is 2. The molecule has 1 amide bonds. The number of aromatic nitrogens is 1. The van der Waals surface area contributed by atoms with Crippen molar-refractivity contribution in [2.75, 3.05) is 0 Å². The predicted octanol–water partition coefficient (Wildman–Crippen LogP) is 5.36. The van der Waals surface area contributed by atoms with Gasteiger partial charge in [0.2, 0.25) is 5.91 Å². The second-order valence-corrected chi connectivity index (χ2v) is 7.13. The normalized spacial score (nSPS) is 12.3. The molecule has 1 atom stereocenters. The highest BCUT2D eigenvalue weighted by Gasteiger charge is 2.21. The standard InChI is InChI=1S/C25H20N2O2/c28-24(15-19-16-26-21-12-6-5-11-20(19)21)27-25(17-8-2-1-3-9-17)23-14-18-10-4-7-13-22(18)29-23/h1-14,16,25-26H,15H2,(H,27,28)/t25-/m1/s1. The van der Waals surface area contributed by atoms with Crippen LogP contribution in [0.25, 0.3) is 21.9 Å². The molecule has 0 radical (unpaired) electrons. The van der Waals surface area contributed by atoms with E-state index in [2.05, 4.69) is 10.3 Å². The van der Waals surface area contributed by atoms with Crippen LogP contribution < -0.4 is 5.32 Å². The zero-order valence-electron chi connectivity index (χ0n) is 15.8. The lowest BCUT2D eigenvalue weighted by atomic mass is 10.0. The van der Waals surface area contributed by atoms with Gasteiger partial charge in [-0.05, 0) is 29.3 Å². The summed E-state index contributed by atoms with van der Waals surface area (Å²) < 4.78 is 6.07. The van der Waals surface area contributed by atoms with Gasteiger partial charge in [0.1, 0.15) is 17.4 Å². The van der Waals surface area contributed by atoms with Crippen molar-refractivity contribution >= 4 is 27.8 Å². The van der Waals surface area contributed by atoms with Gasteiger partial charge in [-0.3, -0.25) is 4.79 Å². The van der Waals surface area contributed by atoms with Crippen molar-refractivity contribution in [3.8, 4) is 0 Å². The Kier molecular flexibility index (Phi) is 4.37. The van der Waals surface area contributed by atoms with Crippen molar-refractivity contribution in [2.45, 2.75) is 12.5 Å². The SMILES string of the molecule is O=C(Cc1c[nH]c2ccccc12)N[C@H](c1ccccc1)c1cc2ccccc2o1. The largest absolute Gasteiger partial charge is 0.459 e. The Morgan fingerprint density at radius 2 is 1.69 bits per heavy atom. The van der Waals surface area contributed by atoms with E-state index < -0.39 is 0 Å². The molecular formula is C25H20N2O2. The van der Waals surface area contributed by atoms with Crippen LogP contribution in [0.3, 0.4) is 0 Å². The van der Waals surface area contributed by atoms with E-state index in [1.165, 1.54) is 0 Å². The van der Waals surface area contributed by atoms with Gasteiger partial charge in [0.25, 0.3) is 0 Å². The number of furan rings is 1. The summed E-state index contributed by atoms with van der Waals surface area (Å²) in [5.74, 6) is 0.675. The minimum absolute atomic E-state index is 0.0518. The molecule has 2 N–H and O–H groups in total. The maximum Gasteiger partial charge on any atom is 0.225 e. The molecule has 0 fully saturated rings. The molecule has 4 nitrogen and oxygen atoms in total. The van der Waals surface area contributed by atoms with Crippen LogP contribution in [-0.4, -0.2) is 10.9 Å². The second-order valence-electron chi connectivity index (χ2n) is 7.13. The van der Waals surface area contributed by atoms with Gasteiger partial charge in [-0.25, -0.2) is 0 Å². The highest BCUT2D eigenvalue weighted by atomic mass is 16.3. The highest BCUT2D eigenvalue weighted by Crippen LogP contribution is 2.28. The van der Waals surface area contributed by atoms with Gasteiger partial charge in [0.15, 0.2) is 0 Å². The summed E-state index contributed by atoms with van der Waals surface area (Å²) in [6, 6.07) is 27.5. The van der Waals surface area contributed by atoms with Crippen LogP contribution in [0.1, 0.15) is 22.9 Å². The summed E-state index contributed by atoms with van der Waals surface area (Å²) in [6.07, 6.45) is 2.20. The third kappa shape index (κ3) is 3.41. The van der Waals surface area contributed by atoms with Crippen LogP contribution in [0.5, 0.6) is 0 Å². The Hall–Kier alpha value is -3.79. The molecule has 0 aliphatic heterocycles. The first-order valence-corrected chi connectivity index (χ1v) is 9.66. The summed E-state index contributed by atoms with van der Waals surface area (Å²) in [6.45, 7) is 0. The molecule has 2 heterocycles. The molecule has 5 aromatic rings. The molecule has 4 heteroatoms. The molecular weight excluding hydrogens is 360 g/mol. The Balaban J connectivity index is 1.46. The molecule has 0 unspecified atom stereocenters.